The van der Waals surface area contributed by atoms with E-state index in [2.05, 4.69) is 33.1 Å². The molecule has 13 atom stereocenters. The third kappa shape index (κ3) is 23.2. The lowest BCUT2D eigenvalue weighted by Gasteiger charge is -2.43. The molecule has 2 heterocycles. The van der Waals surface area contributed by atoms with Crippen molar-refractivity contribution in [1.82, 2.24) is 21.3 Å². The van der Waals surface area contributed by atoms with Crippen LogP contribution >= 0.6 is 0 Å². The van der Waals surface area contributed by atoms with Gasteiger partial charge in [-0.1, -0.05) is 47.5 Å². The highest BCUT2D eigenvalue weighted by atomic mass is 32.2. The Kier molecular flexibility index (Phi) is 30.9. The normalized spacial score (nSPS) is 23.9. The maximum atomic E-state index is 14.2. The van der Waals surface area contributed by atoms with Crippen LogP contribution in [0.2, 0.25) is 0 Å². The summed E-state index contributed by atoms with van der Waals surface area (Å²) in [6.45, 7) is 3.63. The first kappa shape index (κ1) is 76.7. The van der Waals surface area contributed by atoms with Crippen molar-refractivity contribution in [2.24, 2.45) is 5.92 Å². The van der Waals surface area contributed by atoms with E-state index in [1.165, 1.54) is 62.8 Å². The van der Waals surface area contributed by atoms with Gasteiger partial charge in [-0.05, 0) is 115 Å². The molecule has 1 aliphatic carbocycles. The van der Waals surface area contributed by atoms with Crippen LogP contribution in [0.25, 0.3) is 0 Å². The molecule has 6 rings (SSSR count). The maximum Gasteiger partial charge on any atom is 0.328 e. The Bertz CT molecular complexity index is 3160. The number of methoxy groups -OCH3 is 2. The van der Waals surface area contributed by atoms with Crippen molar-refractivity contribution in [3.63, 3.8) is 0 Å². The lowest BCUT2D eigenvalue weighted by molar-refractivity contribution is -0.331. The molecule has 2 fully saturated rings. The highest BCUT2D eigenvalue weighted by Crippen LogP contribution is 2.29. The van der Waals surface area contributed by atoms with Crippen LogP contribution in [-0.2, 0) is 76.7 Å². The number of aliphatic hydroxyl groups is 5. The number of hydrogen-bond donors (Lipinski definition) is 9. The number of nitrogens with one attached hydrogen (secondary N) is 4. The highest BCUT2D eigenvalue weighted by molar-refractivity contribution is 7.92. The summed E-state index contributed by atoms with van der Waals surface area (Å²) in [7, 11) is -5.83. The summed E-state index contributed by atoms with van der Waals surface area (Å²) in [5.41, 5.74) is 1.64. The molecule has 8 unspecified atom stereocenters. The number of aliphatic hydroxyl groups excluding tert-OH is 5. The van der Waals surface area contributed by atoms with Crippen LogP contribution in [0.15, 0.2) is 82.6 Å². The van der Waals surface area contributed by atoms with E-state index in [1.807, 2.05) is 0 Å². The van der Waals surface area contributed by atoms with Gasteiger partial charge in [-0.25, -0.2) is 21.6 Å². The fourth-order valence-corrected chi connectivity index (χ4v) is 13.9. The van der Waals surface area contributed by atoms with Gasteiger partial charge in [0, 0.05) is 51.3 Å². The minimum atomic E-state index is -4.17. The number of aryl methyl sites for hydroxylation is 2. The van der Waals surface area contributed by atoms with Crippen molar-refractivity contribution >= 4 is 55.1 Å². The van der Waals surface area contributed by atoms with Crippen molar-refractivity contribution in [1.29, 1.82) is 0 Å². The number of Topliss-reactive ketones (excluding diaryl/α,β-unsaturated/α-hetero) is 1. The number of esters is 1. The number of ether oxygens (including phenoxy) is 8. The van der Waals surface area contributed by atoms with Gasteiger partial charge < -0.3 is 84.7 Å². The van der Waals surface area contributed by atoms with Crippen LogP contribution in [0, 0.1) is 31.6 Å². The number of carbonyl (C=O) groups excluding carboxylic acids is 6. The van der Waals surface area contributed by atoms with Gasteiger partial charge in [0.2, 0.25) is 17.7 Å². The lowest BCUT2D eigenvalue weighted by atomic mass is 9.98. The summed E-state index contributed by atoms with van der Waals surface area (Å²) < 4.78 is 98.8. The molecule has 4 amide bonds. The Morgan fingerprint density at radius 2 is 1.18 bits per heavy atom. The molecule has 0 spiro atoms. The Morgan fingerprint density at radius 1 is 0.606 bits per heavy atom. The topological polar surface area (TPSA) is 394 Å². The Labute approximate surface area is 548 Å². The standard InChI is InChI=1S/C65H90N4O23S2/c1-6-87-63(80)49(19-13-14-32-66-52(70)36-88-45-16-10-8-7-9-11-17-45)69-62(79)48(68-53(71)37-89-60-56(74)51(91-64(86-5)59(60)77)35-90-65-58(76)57(75)55(73)50(92-65)34-85-4)18-12-15-33-67-61(78)43-26-24-42(25-27-43)54(72)44(38-93(81,82)46-28-20-40(2)21-29-46)39-94(83,84)47-30-22-41(3)23-31-47/h20-31,44-45,48-51,55-60,64-65,73-77H,6-8,10,12-19,32-39H2,1-5H3,(H,66,70)(H,67,78)(H,68,71)(H,69,79)/t45?,48-,49?,50?,51?,55-,56-,57?,58?,59?,60?,64+,65+/m1/s1. The predicted octanol–water partition coefficient (Wildman–Crippen LogP) is 1.07. The zero-order valence-corrected chi connectivity index (χ0v) is 55.2. The Morgan fingerprint density at radius 3 is 1.79 bits per heavy atom. The van der Waals surface area contributed by atoms with Gasteiger partial charge in [-0.3, -0.25) is 24.0 Å². The molecule has 3 aliphatic rings. The van der Waals surface area contributed by atoms with Gasteiger partial charge in [0.15, 0.2) is 38.0 Å². The molecule has 3 aromatic rings. The maximum absolute atomic E-state index is 14.2. The average molecular weight is 1360 g/mol. The van der Waals surface area contributed by atoms with Gasteiger partial charge in [0.25, 0.3) is 5.91 Å². The Hall–Kier alpha value is -6.34. The first-order chi connectivity index (χ1) is 44.8. The average Bonchev–Trinajstić information content (AvgIpc) is 0.822. The van der Waals surface area contributed by atoms with E-state index in [-0.39, 0.29) is 91.5 Å². The van der Waals surface area contributed by atoms with Crippen LogP contribution in [0.4, 0.5) is 0 Å². The zero-order chi connectivity index (χ0) is 68.5. The van der Waals surface area contributed by atoms with E-state index in [0.717, 1.165) is 36.8 Å². The third-order valence-electron chi connectivity index (χ3n) is 16.1. The third-order valence-corrected chi connectivity index (χ3v) is 19.7. The predicted molar refractivity (Wildman–Crippen MR) is 337 cm³/mol. The first-order valence-corrected chi connectivity index (χ1v) is 34.7. The van der Waals surface area contributed by atoms with Crippen LogP contribution in [0.3, 0.4) is 0 Å². The number of benzene rings is 3. The van der Waals surface area contributed by atoms with Crippen LogP contribution in [0.5, 0.6) is 0 Å². The number of hydrogen-bond acceptors (Lipinski definition) is 23. The second-order valence-electron chi connectivity index (χ2n) is 23.4. The second-order valence-corrected chi connectivity index (χ2v) is 27.5. The van der Waals surface area contributed by atoms with Crippen molar-refractivity contribution in [3.8, 4) is 11.8 Å². The van der Waals surface area contributed by atoms with E-state index in [9.17, 15) is 71.1 Å². The minimum absolute atomic E-state index is 0.0251. The van der Waals surface area contributed by atoms with Gasteiger partial charge >= 0.3 is 5.97 Å². The molecule has 0 aromatic heterocycles. The monoisotopic (exact) mass is 1360 g/mol. The summed E-state index contributed by atoms with van der Waals surface area (Å²) in [6.07, 6.45) is -10.4. The zero-order valence-electron chi connectivity index (χ0n) is 53.6. The van der Waals surface area contributed by atoms with E-state index in [1.54, 1.807) is 45.0 Å². The molecule has 27 nitrogen and oxygen atoms in total. The first-order valence-electron chi connectivity index (χ1n) is 31.4. The SMILES string of the molecule is CCOC(=O)C(CCCCNC(=O)COC1CC#CCCCC1)NC(=O)[C@@H](CCCCNC(=O)c1ccc(C(=O)C(CS(=O)(=O)c2ccc(C)cc2)CS(=O)(=O)c2ccc(C)cc2)cc1)NC(=O)COC1C(O)[C@@H](OC)OC(CO[C@H]2OC(COC)[C@@H](O)C(O)C2O)[C@H]1O. The summed E-state index contributed by atoms with van der Waals surface area (Å²) >= 11 is 0. The molecule has 2 aliphatic heterocycles. The van der Waals surface area contributed by atoms with E-state index < -0.39 is 153 Å². The fraction of sp³-hybridized carbons (Fsp3) is 0.600. The molecule has 0 radical (unpaired) electrons. The van der Waals surface area contributed by atoms with Crippen molar-refractivity contribution < 1.29 is 109 Å². The largest absolute Gasteiger partial charge is 0.464 e. The van der Waals surface area contributed by atoms with Crippen molar-refractivity contribution in [2.45, 2.75) is 181 Å². The summed E-state index contributed by atoms with van der Waals surface area (Å²) in [4.78, 5) is 81.5. The Balaban J connectivity index is 1.09. The van der Waals surface area contributed by atoms with Gasteiger partial charge in [0.05, 0.1) is 53.1 Å². The highest BCUT2D eigenvalue weighted by Gasteiger charge is 2.49. The fourth-order valence-electron chi connectivity index (χ4n) is 10.7. The molecule has 3 aromatic carbocycles. The molecule has 29 heteroatoms. The molecular weight excluding hydrogens is 1270 g/mol. The number of rotatable bonds is 36. The minimum Gasteiger partial charge on any atom is -0.464 e. The molecule has 0 saturated carbocycles. The molecule has 520 valence electrons. The van der Waals surface area contributed by atoms with Crippen LogP contribution < -0.4 is 21.3 Å². The number of amides is 4. The number of carbonyl (C=O) groups is 6. The van der Waals surface area contributed by atoms with Gasteiger partial charge in [0.1, 0.15) is 74.1 Å². The van der Waals surface area contributed by atoms with Crippen LogP contribution in [0.1, 0.15) is 109 Å². The summed E-state index contributed by atoms with van der Waals surface area (Å²) in [6, 6.07) is 14.6. The molecule has 94 heavy (non-hydrogen) atoms. The molecule has 0 bridgehead atoms. The molecule has 2 saturated heterocycles. The molecular formula is C65H90N4O23S2. The van der Waals surface area contributed by atoms with E-state index in [4.69, 9.17) is 37.9 Å². The second kappa shape index (κ2) is 37.8. The molecule has 9 N–H and O–H groups in total. The van der Waals surface area contributed by atoms with Gasteiger partial charge in [-0.2, -0.15) is 0 Å². The summed E-state index contributed by atoms with van der Waals surface area (Å²) in [5, 5.41) is 64.7. The quantitative estimate of drug-likeness (QED) is 0.0170. The van der Waals surface area contributed by atoms with Gasteiger partial charge in [-0.15, -0.1) is 11.8 Å². The van der Waals surface area contributed by atoms with E-state index >= 15 is 0 Å². The van der Waals surface area contributed by atoms with Crippen LogP contribution in [-0.4, -0.2) is 229 Å². The van der Waals surface area contributed by atoms with Crippen molar-refractivity contribution in [3.05, 3.63) is 95.1 Å². The smallest absolute Gasteiger partial charge is 0.328 e. The number of unbranched alkanes of at least 4 members (excludes halogenated alkanes) is 2. The lowest BCUT2D eigenvalue weighted by Crippen LogP contribution is -2.62. The summed E-state index contributed by atoms with van der Waals surface area (Å²) in [5.74, 6) is -1.16. The number of sulfone groups is 2. The van der Waals surface area contributed by atoms with Crippen molar-refractivity contribution in [2.75, 3.05) is 71.8 Å². The van der Waals surface area contributed by atoms with E-state index in [0.29, 0.717) is 19.3 Å². The number of ketones is 1.